The van der Waals surface area contributed by atoms with Crippen LogP contribution >= 0.6 is 23.2 Å². The molecule has 3 aromatic rings. The number of sulfonamides is 1. The molecular formula is C22H18Cl2F2N4O4S. The zero-order valence-corrected chi connectivity index (χ0v) is 20.3. The SMILES string of the molecule is CC(CO)Nc1ncc(C#Cc2c(F)ccc(NS(=O)(=O)c3cc(Cl)cc(CO)c3Cl)c2F)cn1. The summed E-state index contributed by atoms with van der Waals surface area (Å²) >= 11 is 11.9. The van der Waals surface area contributed by atoms with E-state index in [-0.39, 0.29) is 39.8 Å². The molecule has 0 bridgehead atoms. The Kier molecular flexibility index (Phi) is 8.47. The van der Waals surface area contributed by atoms with Gasteiger partial charge in [-0.25, -0.2) is 27.2 Å². The predicted octanol–water partition coefficient (Wildman–Crippen LogP) is 3.55. The second-order valence-corrected chi connectivity index (χ2v) is 9.66. The minimum Gasteiger partial charge on any atom is -0.394 e. The van der Waals surface area contributed by atoms with Crippen LogP contribution < -0.4 is 10.0 Å². The number of nitrogens with zero attached hydrogens (tertiary/aromatic N) is 2. The highest BCUT2D eigenvalue weighted by Gasteiger charge is 2.24. The van der Waals surface area contributed by atoms with Crippen molar-refractivity contribution in [2.24, 2.45) is 0 Å². The quantitative estimate of drug-likeness (QED) is 0.336. The lowest BCUT2D eigenvalue weighted by Crippen LogP contribution is -2.20. The highest BCUT2D eigenvalue weighted by Crippen LogP contribution is 2.32. The van der Waals surface area contributed by atoms with Gasteiger partial charge in [-0.2, -0.15) is 0 Å². The Morgan fingerprint density at radius 1 is 1.11 bits per heavy atom. The topological polar surface area (TPSA) is 124 Å². The lowest BCUT2D eigenvalue weighted by Gasteiger charge is -2.13. The first-order valence-corrected chi connectivity index (χ1v) is 12.1. The molecule has 1 atom stereocenters. The Morgan fingerprint density at radius 3 is 2.43 bits per heavy atom. The van der Waals surface area contributed by atoms with Crippen LogP contribution in [0.4, 0.5) is 20.4 Å². The van der Waals surface area contributed by atoms with Crippen LogP contribution in [0.5, 0.6) is 0 Å². The molecule has 4 N–H and O–H groups in total. The molecule has 0 aliphatic carbocycles. The van der Waals surface area contributed by atoms with Gasteiger partial charge >= 0.3 is 0 Å². The Bertz CT molecular complexity index is 1410. The first kappa shape index (κ1) is 26.6. The van der Waals surface area contributed by atoms with E-state index in [1.54, 1.807) is 6.92 Å². The molecule has 0 spiro atoms. The molecule has 0 amide bonds. The second kappa shape index (κ2) is 11.2. The molecule has 35 heavy (non-hydrogen) atoms. The van der Waals surface area contributed by atoms with E-state index in [2.05, 4.69) is 27.1 Å². The summed E-state index contributed by atoms with van der Waals surface area (Å²) in [7, 11) is -4.47. The van der Waals surface area contributed by atoms with Crippen LogP contribution in [0.1, 0.15) is 23.6 Å². The molecule has 3 rings (SSSR count). The monoisotopic (exact) mass is 542 g/mol. The number of hydrogen-bond acceptors (Lipinski definition) is 7. The van der Waals surface area contributed by atoms with Gasteiger partial charge in [-0.3, -0.25) is 4.72 Å². The lowest BCUT2D eigenvalue weighted by molar-refractivity contribution is 0.281. The Balaban J connectivity index is 1.91. The van der Waals surface area contributed by atoms with E-state index < -0.39 is 44.4 Å². The Morgan fingerprint density at radius 2 is 1.80 bits per heavy atom. The van der Waals surface area contributed by atoms with Crippen molar-refractivity contribution in [3.8, 4) is 11.8 Å². The van der Waals surface area contributed by atoms with Gasteiger partial charge in [0.15, 0.2) is 5.82 Å². The molecule has 0 radical (unpaired) electrons. The summed E-state index contributed by atoms with van der Waals surface area (Å²) < 4.78 is 57.0. The zero-order chi connectivity index (χ0) is 25.8. The highest BCUT2D eigenvalue weighted by molar-refractivity contribution is 7.92. The maximum atomic E-state index is 15.0. The zero-order valence-electron chi connectivity index (χ0n) is 18.0. The van der Waals surface area contributed by atoms with E-state index in [1.165, 1.54) is 18.5 Å². The van der Waals surface area contributed by atoms with E-state index in [0.29, 0.717) is 0 Å². The number of aliphatic hydroxyl groups excluding tert-OH is 2. The van der Waals surface area contributed by atoms with Crippen molar-refractivity contribution in [1.82, 2.24) is 9.97 Å². The third-order valence-corrected chi connectivity index (χ3v) is 6.67. The van der Waals surface area contributed by atoms with Crippen LogP contribution in [0.3, 0.4) is 0 Å². The normalized spacial score (nSPS) is 12.0. The van der Waals surface area contributed by atoms with Crippen molar-refractivity contribution in [3.63, 3.8) is 0 Å². The standard InChI is InChI=1S/C22H18Cl2F2N4O4S/c1-12(10-31)29-22-27-8-13(9-28-22)2-3-16-17(25)4-5-18(21(16)26)30-35(33,34)19-7-15(23)6-14(11-32)20(19)24/h4-9,12,30-32H,10-11H2,1H3,(H,27,28,29). The van der Waals surface area contributed by atoms with Gasteiger partial charge in [0, 0.05) is 23.5 Å². The van der Waals surface area contributed by atoms with Crippen molar-refractivity contribution in [2.45, 2.75) is 24.5 Å². The van der Waals surface area contributed by atoms with Crippen molar-refractivity contribution in [1.29, 1.82) is 0 Å². The van der Waals surface area contributed by atoms with Crippen molar-refractivity contribution in [3.05, 3.63) is 75.0 Å². The van der Waals surface area contributed by atoms with Gasteiger partial charge in [-0.05, 0) is 36.8 Å². The van der Waals surface area contributed by atoms with Gasteiger partial charge in [0.25, 0.3) is 10.0 Å². The summed E-state index contributed by atoms with van der Waals surface area (Å²) in [4.78, 5) is 7.50. The Hall–Kier alpha value is -3.01. The molecule has 0 aliphatic rings. The van der Waals surface area contributed by atoms with Gasteiger partial charge in [-0.1, -0.05) is 35.0 Å². The number of aliphatic hydroxyl groups is 2. The van der Waals surface area contributed by atoms with Crippen LogP contribution in [-0.4, -0.2) is 41.2 Å². The summed E-state index contributed by atoms with van der Waals surface area (Å²) in [6.45, 7) is 1.01. The molecule has 1 heterocycles. The molecule has 0 aliphatic heterocycles. The average Bonchev–Trinajstić information content (AvgIpc) is 2.82. The smallest absolute Gasteiger partial charge is 0.263 e. The third-order valence-electron chi connectivity index (χ3n) is 4.51. The van der Waals surface area contributed by atoms with Gasteiger partial charge in [-0.15, -0.1) is 0 Å². The molecule has 0 fully saturated rings. The average molecular weight is 543 g/mol. The van der Waals surface area contributed by atoms with Crippen LogP contribution in [0.15, 0.2) is 41.6 Å². The molecule has 184 valence electrons. The first-order chi connectivity index (χ1) is 16.6. The molecular weight excluding hydrogens is 525 g/mol. The van der Waals surface area contributed by atoms with E-state index in [4.69, 9.17) is 28.3 Å². The molecule has 13 heteroatoms. The molecule has 8 nitrogen and oxygen atoms in total. The summed E-state index contributed by atoms with van der Waals surface area (Å²) in [6, 6.07) is 3.79. The summed E-state index contributed by atoms with van der Waals surface area (Å²) in [5.74, 6) is 2.80. The van der Waals surface area contributed by atoms with E-state index in [1.807, 2.05) is 4.72 Å². The number of anilines is 2. The summed E-state index contributed by atoms with van der Waals surface area (Å²) in [6.07, 6.45) is 2.63. The number of hydrogen-bond donors (Lipinski definition) is 4. The van der Waals surface area contributed by atoms with E-state index >= 15 is 4.39 Å². The second-order valence-electron chi connectivity index (χ2n) is 7.20. The number of nitrogens with one attached hydrogen (secondary N) is 2. The number of benzene rings is 2. The summed E-state index contributed by atoms with van der Waals surface area (Å²) in [5, 5.41) is 20.9. The van der Waals surface area contributed by atoms with Gasteiger partial charge in [0.2, 0.25) is 5.95 Å². The van der Waals surface area contributed by atoms with E-state index in [0.717, 1.165) is 18.2 Å². The van der Waals surface area contributed by atoms with Crippen molar-refractivity contribution in [2.75, 3.05) is 16.6 Å². The largest absolute Gasteiger partial charge is 0.394 e. The fraction of sp³-hybridized carbons (Fsp3) is 0.182. The van der Waals surface area contributed by atoms with Crippen LogP contribution in [0.25, 0.3) is 0 Å². The van der Waals surface area contributed by atoms with Crippen LogP contribution in [0, 0.1) is 23.5 Å². The molecule has 0 saturated carbocycles. The number of halogens is 4. The molecule has 0 saturated heterocycles. The maximum Gasteiger partial charge on any atom is 0.263 e. The molecule has 1 aromatic heterocycles. The highest BCUT2D eigenvalue weighted by atomic mass is 35.5. The molecule has 2 aromatic carbocycles. The van der Waals surface area contributed by atoms with Crippen molar-refractivity contribution >= 4 is 44.9 Å². The number of aromatic nitrogens is 2. The van der Waals surface area contributed by atoms with Gasteiger partial charge < -0.3 is 15.5 Å². The lowest BCUT2D eigenvalue weighted by atomic mass is 10.1. The van der Waals surface area contributed by atoms with Crippen molar-refractivity contribution < 1.29 is 27.4 Å². The predicted molar refractivity (Wildman–Crippen MR) is 128 cm³/mol. The maximum absolute atomic E-state index is 15.0. The Labute approximate surface area is 210 Å². The van der Waals surface area contributed by atoms with Gasteiger partial charge in [0.05, 0.1) is 35.1 Å². The fourth-order valence-electron chi connectivity index (χ4n) is 2.74. The third kappa shape index (κ3) is 6.36. The fourth-order valence-corrected chi connectivity index (χ4v) is 4.73. The summed E-state index contributed by atoms with van der Waals surface area (Å²) in [5.41, 5.74) is -0.972. The van der Waals surface area contributed by atoms with E-state index in [9.17, 15) is 17.9 Å². The minimum absolute atomic E-state index is 0.0146. The molecule has 1 unspecified atom stereocenters. The van der Waals surface area contributed by atoms with Gasteiger partial charge in [0.1, 0.15) is 10.7 Å². The minimum atomic E-state index is -4.47. The van der Waals surface area contributed by atoms with Crippen LogP contribution in [-0.2, 0) is 16.6 Å². The number of rotatable bonds is 7. The first-order valence-electron chi connectivity index (χ1n) is 9.86. The van der Waals surface area contributed by atoms with Crippen LogP contribution in [0.2, 0.25) is 10.0 Å².